The SMILES string of the molecule is CCOC(=O)c1sc2nc3c(c(-c4ccc(F)c(C)c4)c2c1N)CCCC3. The van der Waals surface area contributed by atoms with Gasteiger partial charge in [-0.2, -0.15) is 0 Å². The second-order valence-electron chi connectivity index (χ2n) is 6.83. The van der Waals surface area contributed by atoms with Crippen molar-refractivity contribution < 1.29 is 13.9 Å². The summed E-state index contributed by atoms with van der Waals surface area (Å²) in [5.74, 6) is -0.652. The average Bonchev–Trinajstić information content (AvgIpc) is 2.99. The molecular weight excluding hydrogens is 363 g/mol. The quantitative estimate of drug-likeness (QED) is 0.642. The van der Waals surface area contributed by atoms with Crippen molar-refractivity contribution in [2.75, 3.05) is 12.3 Å². The van der Waals surface area contributed by atoms with E-state index in [9.17, 15) is 9.18 Å². The zero-order chi connectivity index (χ0) is 19.1. The van der Waals surface area contributed by atoms with Gasteiger partial charge < -0.3 is 10.5 Å². The smallest absolute Gasteiger partial charge is 0.350 e. The van der Waals surface area contributed by atoms with E-state index in [4.69, 9.17) is 15.5 Å². The lowest BCUT2D eigenvalue weighted by molar-refractivity contribution is 0.0533. The van der Waals surface area contributed by atoms with Crippen molar-refractivity contribution in [3.63, 3.8) is 0 Å². The lowest BCUT2D eigenvalue weighted by Gasteiger charge is -2.20. The molecule has 140 valence electrons. The van der Waals surface area contributed by atoms with Gasteiger partial charge in [0.2, 0.25) is 0 Å². The summed E-state index contributed by atoms with van der Waals surface area (Å²) in [6.07, 6.45) is 4.00. The number of nitrogens with zero attached hydrogens (tertiary/aromatic N) is 1. The predicted molar refractivity (Wildman–Crippen MR) is 107 cm³/mol. The molecule has 1 aliphatic rings. The maximum Gasteiger partial charge on any atom is 0.350 e. The average molecular weight is 384 g/mol. The number of halogens is 1. The number of thiophene rings is 1. The maximum atomic E-state index is 13.8. The number of fused-ring (bicyclic) bond motifs is 2. The molecular formula is C21H21FN2O2S. The highest BCUT2D eigenvalue weighted by Crippen LogP contribution is 2.44. The Hall–Kier alpha value is -2.47. The Morgan fingerprint density at radius 3 is 2.85 bits per heavy atom. The third-order valence-electron chi connectivity index (χ3n) is 5.06. The number of nitrogens with two attached hydrogens (primary N) is 1. The van der Waals surface area contributed by atoms with Gasteiger partial charge in [0.25, 0.3) is 0 Å². The van der Waals surface area contributed by atoms with E-state index in [0.29, 0.717) is 22.7 Å². The minimum Gasteiger partial charge on any atom is -0.462 e. The van der Waals surface area contributed by atoms with Crippen molar-refractivity contribution in [3.8, 4) is 11.1 Å². The van der Waals surface area contributed by atoms with Crippen LogP contribution < -0.4 is 5.73 Å². The van der Waals surface area contributed by atoms with E-state index >= 15 is 0 Å². The number of anilines is 1. The molecule has 3 aromatic rings. The Bertz CT molecular complexity index is 1060. The fraction of sp³-hybridized carbons (Fsp3) is 0.333. The number of hydrogen-bond donors (Lipinski definition) is 1. The predicted octanol–water partition coefficient (Wildman–Crippen LogP) is 5.05. The van der Waals surface area contributed by atoms with Gasteiger partial charge in [-0.1, -0.05) is 6.07 Å². The summed E-state index contributed by atoms with van der Waals surface area (Å²) in [4.78, 5) is 18.3. The molecule has 0 saturated carbocycles. The van der Waals surface area contributed by atoms with E-state index < -0.39 is 5.97 Å². The highest BCUT2D eigenvalue weighted by atomic mass is 32.1. The Kier molecular flexibility index (Phi) is 4.60. The largest absolute Gasteiger partial charge is 0.462 e. The molecule has 1 aromatic carbocycles. The first-order chi connectivity index (χ1) is 13.0. The molecule has 0 saturated heterocycles. The number of benzene rings is 1. The number of aryl methyl sites for hydroxylation is 2. The molecule has 27 heavy (non-hydrogen) atoms. The monoisotopic (exact) mass is 384 g/mol. The molecule has 4 nitrogen and oxygen atoms in total. The first-order valence-electron chi connectivity index (χ1n) is 9.18. The van der Waals surface area contributed by atoms with Crippen molar-refractivity contribution in [2.45, 2.75) is 39.5 Å². The molecule has 1 aliphatic carbocycles. The molecule has 0 aliphatic heterocycles. The molecule has 4 rings (SSSR count). The van der Waals surface area contributed by atoms with Gasteiger partial charge in [-0.3, -0.25) is 0 Å². The van der Waals surface area contributed by atoms with Gasteiger partial charge in [-0.25, -0.2) is 14.2 Å². The van der Waals surface area contributed by atoms with E-state index in [1.54, 1.807) is 19.9 Å². The third kappa shape index (κ3) is 2.98. The number of carbonyl (C=O) groups is 1. The zero-order valence-corrected chi connectivity index (χ0v) is 16.2. The van der Waals surface area contributed by atoms with E-state index in [0.717, 1.165) is 52.7 Å². The van der Waals surface area contributed by atoms with E-state index in [1.807, 2.05) is 6.07 Å². The fourth-order valence-corrected chi connectivity index (χ4v) is 4.79. The summed E-state index contributed by atoms with van der Waals surface area (Å²) in [6, 6.07) is 5.12. The molecule has 2 N–H and O–H groups in total. The van der Waals surface area contributed by atoms with Gasteiger partial charge in [0, 0.05) is 11.1 Å². The normalized spacial score (nSPS) is 13.6. The highest BCUT2D eigenvalue weighted by Gasteiger charge is 2.26. The molecule has 0 radical (unpaired) electrons. The molecule has 6 heteroatoms. The van der Waals surface area contributed by atoms with Crippen LogP contribution in [-0.4, -0.2) is 17.6 Å². The number of aromatic nitrogens is 1. The van der Waals surface area contributed by atoms with Crippen LogP contribution in [0.25, 0.3) is 21.3 Å². The maximum absolute atomic E-state index is 13.8. The summed E-state index contributed by atoms with van der Waals surface area (Å²) in [6.45, 7) is 3.82. The van der Waals surface area contributed by atoms with E-state index in [1.165, 1.54) is 23.0 Å². The topological polar surface area (TPSA) is 65.2 Å². The lowest BCUT2D eigenvalue weighted by Crippen LogP contribution is -2.08. The number of ether oxygens (including phenoxy) is 1. The number of nitrogen functional groups attached to an aromatic ring is 1. The molecule has 0 bridgehead atoms. The van der Waals surface area contributed by atoms with Crippen LogP contribution in [0.3, 0.4) is 0 Å². The molecule has 0 unspecified atom stereocenters. The van der Waals surface area contributed by atoms with Gasteiger partial charge in [0.05, 0.1) is 12.3 Å². The van der Waals surface area contributed by atoms with Crippen LogP contribution in [0.15, 0.2) is 18.2 Å². The van der Waals surface area contributed by atoms with Crippen LogP contribution in [0, 0.1) is 12.7 Å². The number of hydrogen-bond acceptors (Lipinski definition) is 5. The third-order valence-corrected chi connectivity index (χ3v) is 6.14. The van der Waals surface area contributed by atoms with Crippen LogP contribution in [0.2, 0.25) is 0 Å². The second kappa shape index (κ2) is 6.93. The molecule has 2 heterocycles. The first-order valence-corrected chi connectivity index (χ1v) is 10.00. The number of carbonyl (C=O) groups excluding carboxylic acids is 1. The summed E-state index contributed by atoms with van der Waals surface area (Å²) < 4.78 is 19.0. The van der Waals surface area contributed by atoms with Gasteiger partial charge in [-0.05, 0) is 73.9 Å². The van der Waals surface area contributed by atoms with Gasteiger partial charge >= 0.3 is 5.97 Å². The van der Waals surface area contributed by atoms with Crippen molar-refractivity contribution in [1.29, 1.82) is 0 Å². The van der Waals surface area contributed by atoms with Gasteiger partial charge in [0.1, 0.15) is 15.5 Å². The van der Waals surface area contributed by atoms with Crippen molar-refractivity contribution >= 4 is 33.2 Å². The lowest BCUT2D eigenvalue weighted by atomic mass is 9.87. The zero-order valence-electron chi connectivity index (χ0n) is 15.4. The summed E-state index contributed by atoms with van der Waals surface area (Å²) in [5.41, 5.74) is 11.5. The van der Waals surface area contributed by atoms with Gasteiger partial charge in [0.15, 0.2) is 0 Å². The number of rotatable bonds is 3. The van der Waals surface area contributed by atoms with Crippen LogP contribution >= 0.6 is 11.3 Å². The highest BCUT2D eigenvalue weighted by molar-refractivity contribution is 7.21. The van der Waals surface area contributed by atoms with Crippen LogP contribution in [0.1, 0.15) is 46.3 Å². The molecule has 0 spiro atoms. The van der Waals surface area contributed by atoms with E-state index in [-0.39, 0.29) is 5.82 Å². The summed E-state index contributed by atoms with van der Waals surface area (Å²) in [5, 5.41) is 0.787. The molecule has 0 fully saturated rings. The summed E-state index contributed by atoms with van der Waals surface area (Å²) >= 11 is 1.28. The Morgan fingerprint density at radius 2 is 2.11 bits per heavy atom. The van der Waals surface area contributed by atoms with Crippen molar-refractivity contribution in [1.82, 2.24) is 4.98 Å². The fourth-order valence-electron chi connectivity index (χ4n) is 3.77. The van der Waals surface area contributed by atoms with Crippen molar-refractivity contribution in [3.05, 3.63) is 45.7 Å². The first kappa shape index (κ1) is 17.9. The molecule has 2 aromatic heterocycles. The number of esters is 1. The van der Waals surface area contributed by atoms with Crippen LogP contribution in [0.5, 0.6) is 0 Å². The minimum absolute atomic E-state index is 0.233. The van der Waals surface area contributed by atoms with Crippen molar-refractivity contribution in [2.24, 2.45) is 0 Å². The number of pyridine rings is 1. The van der Waals surface area contributed by atoms with Crippen LogP contribution in [-0.2, 0) is 17.6 Å². The molecule has 0 amide bonds. The Morgan fingerprint density at radius 1 is 1.33 bits per heavy atom. The summed E-state index contributed by atoms with van der Waals surface area (Å²) in [7, 11) is 0. The Balaban J connectivity index is 2.04. The Labute approximate surface area is 161 Å². The van der Waals surface area contributed by atoms with Crippen LogP contribution in [0.4, 0.5) is 10.1 Å². The molecule has 0 atom stereocenters. The van der Waals surface area contributed by atoms with E-state index in [2.05, 4.69) is 0 Å². The second-order valence-corrected chi connectivity index (χ2v) is 7.83. The standard InChI is InChI=1S/C21H21FN2O2S/c1-3-26-21(25)19-18(23)17-16(12-8-9-14(22)11(2)10-12)13-6-4-5-7-15(13)24-20(17)27-19/h8-10H,3-7,23H2,1-2H3. The minimum atomic E-state index is -0.419. The van der Waals surface area contributed by atoms with Gasteiger partial charge in [-0.15, -0.1) is 11.3 Å².